The average molecular weight is 457 g/mol. The summed E-state index contributed by atoms with van der Waals surface area (Å²) in [4.78, 5) is 0. The molecule has 0 aromatic heterocycles. The van der Waals surface area contributed by atoms with Crippen LogP contribution < -0.4 is 20.1 Å². The first-order valence-electron chi connectivity index (χ1n) is 11.1. The van der Waals surface area contributed by atoms with Gasteiger partial charge in [0.15, 0.2) is 0 Å². The van der Waals surface area contributed by atoms with Crippen molar-refractivity contribution in [1.82, 2.24) is 0 Å². The van der Waals surface area contributed by atoms with Crippen LogP contribution in [0.25, 0.3) is 0 Å². The van der Waals surface area contributed by atoms with E-state index in [0.29, 0.717) is 0 Å². The molecule has 0 radical (unpaired) electrons. The van der Waals surface area contributed by atoms with Crippen molar-refractivity contribution < 1.29 is 14.0 Å². The Morgan fingerprint density at radius 3 is 1.30 bits per heavy atom. The summed E-state index contributed by atoms with van der Waals surface area (Å²) in [6, 6.07) is 38.0. The van der Waals surface area contributed by atoms with Crippen LogP contribution >= 0.6 is 6.83 Å². The third kappa shape index (κ3) is 3.35. The molecule has 3 nitrogen and oxygen atoms in total. The number of hydrogen-bond acceptors (Lipinski definition) is 3. The summed E-state index contributed by atoms with van der Waals surface area (Å²) in [7, 11) is 3.38. The molecule has 1 saturated heterocycles. The molecular formula is C29H29O3P. The zero-order valence-electron chi connectivity index (χ0n) is 19.3. The summed E-state index contributed by atoms with van der Waals surface area (Å²) in [5.74, 6) is 1.67. The molecule has 1 fully saturated rings. The van der Waals surface area contributed by atoms with E-state index in [1.807, 2.05) is 24.3 Å². The second kappa shape index (κ2) is 8.02. The van der Waals surface area contributed by atoms with Gasteiger partial charge < -0.3 is 0 Å². The summed E-state index contributed by atoms with van der Waals surface area (Å²) in [5, 5.41) is 2.54. The molecule has 0 bridgehead atoms. The van der Waals surface area contributed by atoms with E-state index in [4.69, 9.17) is 14.0 Å². The predicted molar refractivity (Wildman–Crippen MR) is 138 cm³/mol. The summed E-state index contributed by atoms with van der Waals surface area (Å²) >= 11 is 0. The van der Waals surface area contributed by atoms with E-state index in [-0.39, 0.29) is 0 Å². The van der Waals surface area contributed by atoms with Crippen LogP contribution in [-0.2, 0) is 10.1 Å². The van der Waals surface area contributed by atoms with Crippen LogP contribution in [0, 0.1) is 0 Å². The van der Waals surface area contributed by atoms with Crippen LogP contribution in [0.4, 0.5) is 0 Å². The molecule has 0 saturated carbocycles. The van der Waals surface area contributed by atoms with Crippen molar-refractivity contribution in [3.05, 3.63) is 120 Å². The van der Waals surface area contributed by atoms with Gasteiger partial charge >= 0.3 is 196 Å². The first kappa shape index (κ1) is 21.7. The van der Waals surface area contributed by atoms with Crippen molar-refractivity contribution >= 4 is 17.4 Å². The van der Waals surface area contributed by atoms with Crippen LogP contribution in [-0.4, -0.2) is 27.0 Å². The molecule has 4 heteroatoms. The molecule has 0 atom stereocenters. The zero-order valence-corrected chi connectivity index (χ0v) is 20.2. The van der Waals surface area contributed by atoms with E-state index in [1.165, 1.54) is 10.6 Å². The van der Waals surface area contributed by atoms with Gasteiger partial charge in [-0.05, 0) is 0 Å². The monoisotopic (exact) mass is 456 g/mol. The summed E-state index contributed by atoms with van der Waals surface area (Å²) in [6.45, 7) is -0.561. The third-order valence-corrected chi connectivity index (χ3v) is 12.3. The zero-order chi connectivity index (χ0) is 23.0. The van der Waals surface area contributed by atoms with E-state index >= 15 is 0 Å². The molecule has 4 aromatic carbocycles. The van der Waals surface area contributed by atoms with Gasteiger partial charge in [0.25, 0.3) is 0 Å². The molecule has 33 heavy (non-hydrogen) atoms. The average Bonchev–Trinajstić information content (AvgIpc) is 2.88. The Morgan fingerprint density at radius 2 is 0.970 bits per heavy atom. The van der Waals surface area contributed by atoms with Crippen LogP contribution in [0.15, 0.2) is 109 Å². The molecular weight excluding hydrogens is 427 g/mol. The van der Waals surface area contributed by atoms with E-state index in [1.54, 1.807) is 14.2 Å². The molecule has 0 aliphatic carbocycles. The fourth-order valence-corrected chi connectivity index (χ4v) is 10.5. The minimum atomic E-state index is -2.91. The molecule has 0 spiro atoms. The van der Waals surface area contributed by atoms with E-state index in [0.717, 1.165) is 28.8 Å². The third-order valence-electron chi connectivity index (χ3n) is 6.98. The van der Waals surface area contributed by atoms with Gasteiger partial charge in [-0.15, -0.1) is 0 Å². The Balaban J connectivity index is 1.70. The Bertz CT molecular complexity index is 1140. The van der Waals surface area contributed by atoms with Gasteiger partial charge in [-0.3, -0.25) is 0 Å². The van der Waals surface area contributed by atoms with Crippen molar-refractivity contribution in [2.45, 2.75) is 5.60 Å². The van der Waals surface area contributed by atoms with Crippen LogP contribution in [0.2, 0.25) is 0 Å². The maximum absolute atomic E-state index is 7.44. The van der Waals surface area contributed by atoms with Gasteiger partial charge in [0, 0.05) is 0 Å². The Hall–Kier alpha value is -3.13. The normalized spacial score (nSPS) is 18.8. The van der Waals surface area contributed by atoms with Crippen molar-refractivity contribution in [2.24, 2.45) is 0 Å². The fraction of sp³-hybridized carbons (Fsp3) is 0.172. The first-order valence-corrected chi connectivity index (χ1v) is 13.9. The van der Waals surface area contributed by atoms with Crippen molar-refractivity contribution in [3.8, 4) is 11.5 Å². The molecule has 4 aromatic rings. The molecule has 1 aliphatic rings. The molecule has 168 valence electrons. The van der Waals surface area contributed by atoms with E-state index in [2.05, 4.69) is 91.6 Å². The van der Waals surface area contributed by atoms with Gasteiger partial charge in [0.05, 0.1) is 0 Å². The fourth-order valence-electron chi connectivity index (χ4n) is 5.20. The van der Waals surface area contributed by atoms with Gasteiger partial charge in [-0.25, -0.2) is 0 Å². The van der Waals surface area contributed by atoms with Crippen LogP contribution in [0.1, 0.15) is 11.1 Å². The van der Waals surface area contributed by atoms with Gasteiger partial charge in [-0.1, -0.05) is 0 Å². The van der Waals surface area contributed by atoms with Crippen LogP contribution in [0.3, 0.4) is 0 Å². The maximum atomic E-state index is 7.44. The topological polar surface area (TPSA) is 27.7 Å². The quantitative estimate of drug-likeness (QED) is 0.347. The predicted octanol–water partition coefficient (Wildman–Crippen LogP) is 5.73. The van der Waals surface area contributed by atoms with Crippen LogP contribution in [0.5, 0.6) is 11.5 Å². The van der Waals surface area contributed by atoms with E-state index < -0.39 is 12.4 Å². The number of ether oxygens (including phenoxy) is 2. The van der Waals surface area contributed by atoms with E-state index in [9.17, 15) is 0 Å². The Kier molecular flexibility index (Phi) is 5.28. The summed E-state index contributed by atoms with van der Waals surface area (Å²) in [6.07, 6.45) is 0.880. The van der Waals surface area contributed by atoms with Crippen molar-refractivity contribution in [1.29, 1.82) is 0 Å². The molecule has 5 rings (SSSR count). The number of methoxy groups -OCH3 is 2. The molecule has 0 N–H and O–H groups in total. The van der Waals surface area contributed by atoms with Gasteiger partial charge in [-0.2, -0.15) is 0 Å². The standard InChI is InChI=1S/C29H29O3P/c1-30-25-18-14-23(15-19-25)29(24-16-20-26(31-2)21-17-24)22-33(3,32-29,27-10-6-4-7-11-27)28-12-8-5-9-13-28/h4-21H,22H2,1-3H3. The van der Waals surface area contributed by atoms with Gasteiger partial charge in [0.2, 0.25) is 0 Å². The SMILES string of the molecule is COc1ccc(C2(c3ccc(OC)cc3)CP(C)(c3ccccc3)(c3ccccc3)O2)cc1. The number of hydrogen-bond donors (Lipinski definition) is 0. The number of benzene rings is 4. The second-order valence-electron chi connectivity index (χ2n) is 8.89. The molecule has 1 heterocycles. The molecule has 1 aliphatic heterocycles. The number of rotatable bonds is 6. The van der Waals surface area contributed by atoms with Gasteiger partial charge in [0.1, 0.15) is 0 Å². The molecule has 0 unspecified atom stereocenters. The molecule has 0 amide bonds. The summed E-state index contributed by atoms with van der Waals surface area (Å²) < 4.78 is 18.3. The second-order valence-corrected chi connectivity index (χ2v) is 13.8. The Labute approximate surface area is 196 Å². The van der Waals surface area contributed by atoms with Crippen molar-refractivity contribution in [3.63, 3.8) is 0 Å². The Morgan fingerprint density at radius 1 is 0.606 bits per heavy atom. The first-order chi connectivity index (χ1) is 16.0. The minimum absolute atomic E-state index is 0.559. The summed E-state index contributed by atoms with van der Waals surface area (Å²) in [5.41, 5.74) is 1.70. The van der Waals surface area contributed by atoms with Crippen molar-refractivity contribution in [2.75, 3.05) is 27.0 Å².